The molecule has 23 heavy (non-hydrogen) atoms. The van der Waals surface area contributed by atoms with E-state index < -0.39 is 0 Å². The molecule has 0 unspecified atom stereocenters. The fourth-order valence-corrected chi connectivity index (χ4v) is 2.75. The van der Waals surface area contributed by atoms with Crippen LogP contribution in [0.3, 0.4) is 0 Å². The Morgan fingerprint density at radius 3 is 2.39 bits per heavy atom. The molecule has 6 nitrogen and oxygen atoms in total. The van der Waals surface area contributed by atoms with Crippen molar-refractivity contribution in [2.24, 2.45) is 7.05 Å². The highest BCUT2D eigenvalue weighted by Gasteiger charge is 2.16. The maximum atomic E-state index is 4.47. The van der Waals surface area contributed by atoms with Crippen LogP contribution in [0.1, 0.15) is 26.3 Å². The zero-order chi connectivity index (χ0) is 16.2. The van der Waals surface area contributed by atoms with Gasteiger partial charge in [-0.05, 0) is 11.0 Å². The Morgan fingerprint density at radius 1 is 0.957 bits per heavy atom. The van der Waals surface area contributed by atoms with Crippen LogP contribution < -0.4 is 0 Å². The summed E-state index contributed by atoms with van der Waals surface area (Å²) in [6, 6.07) is 8.47. The fourth-order valence-electron chi connectivity index (χ4n) is 2.75. The molecule has 0 spiro atoms. The topological polar surface area (TPSA) is 60.9 Å². The Kier molecular flexibility index (Phi) is 2.78. The normalized spacial score (nSPS) is 12.3. The van der Waals surface area contributed by atoms with E-state index in [1.54, 1.807) is 17.2 Å². The van der Waals surface area contributed by atoms with Gasteiger partial charge < -0.3 is 0 Å². The van der Waals surface area contributed by atoms with Crippen LogP contribution in [0.15, 0.2) is 36.8 Å². The van der Waals surface area contributed by atoms with Gasteiger partial charge in [0.05, 0.1) is 11.6 Å². The molecule has 0 aliphatic heterocycles. The van der Waals surface area contributed by atoms with Crippen LogP contribution in [0.25, 0.3) is 28.1 Å². The van der Waals surface area contributed by atoms with Crippen LogP contribution in [0.4, 0.5) is 0 Å². The van der Waals surface area contributed by atoms with Crippen molar-refractivity contribution in [2.45, 2.75) is 26.2 Å². The van der Waals surface area contributed by atoms with Gasteiger partial charge >= 0.3 is 0 Å². The highest BCUT2D eigenvalue weighted by atomic mass is 15.3. The molecule has 0 saturated carbocycles. The lowest BCUT2D eigenvalue weighted by atomic mass is 9.87. The molecule has 3 aromatic heterocycles. The van der Waals surface area contributed by atoms with E-state index in [-0.39, 0.29) is 5.41 Å². The summed E-state index contributed by atoms with van der Waals surface area (Å²) in [7, 11) is 1.87. The van der Waals surface area contributed by atoms with Gasteiger partial charge in [-0.3, -0.25) is 9.08 Å². The average molecular weight is 306 g/mol. The third-order valence-electron chi connectivity index (χ3n) is 4.15. The van der Waals surface area contributed by atoms with Gasteiger partial charge in [0.2, 0.25) is 0 Å². The average Bonchev–Trinajstić information content (AvgIpc) is 3.10. The van der Waals surface area contributed by atoms with Crippen molar-refractivity contribution in [2.75, 3.05) is 0 Å². The van der Waals surface area contributed by atoms with Crippen LogP contribution in [0, 0.1) is 0 Å². The highest BCUT2D eigenvalue weighted by molar-refractivity contribution is 5.89. The van der Waals surface area contributed by atoms with Crippen LogP contribution in [0.5, 0.6) is 0 Å². The SMILES string of the molecule is Cn1ncc2c1ncn1c(-c3ccc(C(C)(C)C)cc3)nnc21. The van der Waals surface area contributed by atoms with Crippen molar-refractivity contribution in [1.29, 1.82) is 0 Å². The number of aryl methyl sites for hydroxylation is 1. The first-order valence-corrected chi connectivity index (χ1v) is 7.57. The smallest absolute Gasteiger partial charge is 0.175 e. The van der Waals surface area contributed by atoms with Gasteiger partial charge in [-0.15, -0.1) is 10.2 Å². The Bertz CT molecular complexity index is 1000. The second-order valence-electron chi connectivity index (χ2n) is 6.79. The monoisotopic (exact) mass is 306 g/mol. The minimum Gasteiger partial charge on any atom is -0.265 e. The predicted octanol–water partition coefficient (Wildman–Crippen LogP) is 2.98. The molecule has 0 amide bonds. The van der Waals surface area contributed by atoms with Crippen molar-refractivity contribution in [1.82, 2.24) is 29.4 Å². The summed E-state index contributed by atoms with van der Waals surface area (Å²) in [5, 5.41) is 13.8. The first-order valence-electron chi connectivity index (χ1n) is 7.57. The fraction of sp³-hybridized carbons (Fsp3) is 0.294. The maximum absolute atomic E-state index is 4.47. The molecule has 0 aliphatic rings. The van der Waals surface area contributed by atoms with E-state index in [0.29, 0.717) is 0 Å². The van der Waals surface area contributed by atoms with Gasteiger partial charge in [0.15, 0.2) is 17.1 Å². The molecule has 4 aromatic rings. The van der Waals surface area contributed by atoms with E-state index in [9.17, 15) is 0 Å². The summed E-state index contributed by atoms with van der Waals surface area (Å²) in [5.41, 5.74) is 4.03. The molecule has 116 valence electrons. The standard InChI is InChI=1S/C17H18N6/c1-17(2,3)12-7-5-11(6-8-12)14-20-21-16-13-9-19-22(4)15(13)18-10-23(14)16/h5-10H,1-4H3. The number of benzene rings is 1. The number of aromatic nitrogens is 6. The van der Waals surface area contributed by atoms with Crippen LogP contribution in [-0.2, 0) is 12.5 Å². The first kappa shape index (κ1) is 13.9. The molecule has 0 saturated heterocycles. The number of nitrogens with zero attached hydrogens (tertiary/aromatic N) is 6. The van der Waals surface area contributed by atoms with E-state index in [1.165, 1.54) is 5.56 Å². The van der Waals surface area contributed by atoms with Gasteiger partial charge in [-0.2, -0.15) is 5.10 Å². The third-order valence-corrected chi connectivity index (χ3v) is 4.15. The summed E-state index contributed by atoms with van der Waals surface area (Å²) in [5.74, 6) is 0.790. The minimum absolute atomic E-state index is 0.134. The first-order chi connectivity index (χ1) is 10.9. The number of rotatable bonds is 1. The molecule has 3 heterocycles. The van der Waals surface area contributed by atoms with Gasteiger partial charge in [0.1, 0.15) is 6.33 Å². The minimum atomic E-state index is 0.134. The summed E-state index contributed by atoms with van der Waals surface area (Å²) in [6.45, 7) is 6.62. The van der Waals surface area contributed by atoms with Gasteiger partial charge in [-0.1, -0.05) is 45.0 Å². The Hall–Kier alpha value is -2.76. The molecule has 0 radical (unpaired) electrons. The second-order valence-corrected chi connectivity index (χ2v) is 6.79. The zero-order valence-corrected chi connectivity index (χ0v) is 13.6. The molecule has 0 N–H and O–H groups in total. The molecular formula is C17H18N6. The lowest BCUT2D eigenvalue weighted by Crippen LogP contribution is -2.10. The molecule has 0 bridgehead atoms. The van der Waals surface area contributed by atoms with E-state index in [1.807, 2.05) is 11.4 Å². The van der Waals surface area contributed by atoms with Crippen molar-refractivity contribution < 1.29 is 0 Å². The highest BCUT2D eigenvalue weighted by Crippen LogP contribution is 2.26. The van der Waals surface area contributed by atoms with E-state index in [4.69, 9.17) is 0 Å². The lowest BCUT2D eigenvalue weighted by molar-refractivity contribution is 0.590. The van der Waals surface area contributed by atoms with Gasteiger partial charge in [0, 0.05) is 12.6 Å². The third kappa shape index (κ3) is 2.10. The van der Waals surface area contributed by atoms with E-state index in [0.717, 1.165) is 28.1 Å². The molecular weight excluding hydrogens is 288 g/mol. The summed E-state index contributed by atoms with van der Waals surface area (Å²) in [4.78, 5) is 4.47. The van der Waals surface area contributed by atoms with Crippen molar-refractivity contribution >= 4 is 16.7 Å². The largest absolute Gasteiger partial charge is 0.265 e. The Balaban J connectivity index is 1.87. The van der Waals surface area contributed by atoms with Crippen molar-refractivity contribution in [3.05, 3.63) is 42.4 Å². The number of fused-ring (bicyclic) bond motifs is 3. The molecule has 0 aliphatic carbocycles. The quantitative estimate of drug-likeness (QED) is 0.542. The lowest BCUT2D eigenvalue weighted by Gasteiger charge is -2.18. The van der Waals surface area contributed by atoms with E-state index >= 15 is 0 Å². The van der Waals surface area contributed by atoms with Gasteiger partial charge in [-0.25, -0.2) is 4.98 Å². The van der Waals surface area contributed by atoms with Gasteiger partial charge in [0.25, 0.3) is 0 Å². The summed E-state index contributed by atoms with van der Waals surface area (Å²) in [6.07, 6.45) is 3.53. The predicted molar refractivity (Wildman–Crippen MR) is 89.2 cm³/mol. The van der Waals surface area contributed by atoms with E-state index in [2.05, 4.69) is 65.3 Å². The Morgan fingerprint density at radius 2 is 1.70 bits per heavy atom. The summed E-state index contributed by atoms with van der Waals surface area (Å²) >= 11 is 0. The summed E-state index contributed by atoms with van der Waals surface area (Å²) < 4.78 is 3.65. The number of hydrogen-bond acceptors (Lipinski definition) is 4. The van der Waals surface area contributed by atoms with Crippen molar-refractivity contribution in [3.8, 4) is 11.4 Å². The second kappa shape index (κ2) is 4.62. The number of hydrogen-bond donors (Lipinski definition) is 0. The van der Waals surface area contributed by atoms with Crippen LogP contribution >= 0.6 is 0 Å². The molecule has 1 aromatic carbocycles. The Labute approximate surface area is 133 Å². The van der Waals surface area contributed by atoms with Crippen LogP contribution in [-0.4, -0.2) is 29.4 Å². The van der Waals surface area contributed by atoms with Crippen molar-refractivity contribution in [3.63, 3.8) is 0 Å². The maximum Gasteiger partial charge on any atom is 0.175 e. The molecule has 0 atom stereocenters. The molecule has 6 heteroatoms. The zero-order valence-electron chi connectivity index (χ0n) is 13.6. The van der Waals surface area contributed by atoms with Crippen LogP contribution in [0.2, 0.25) is 0 Å². The molecule has 0 fully saturated rings. The molecule has 4 rings (SSSR count).